The minimum atomic E-state index is -1.30. The van der Waals surface area contributed by atoms with Gasteiger partial charge < -0.3 is 10.4 Å². The van der Waals surface area contributed by atoms with Crippen molar-refractivity contribution in [3.8, 4) is 0 Å². The second-order valence-electron chi connectivity index (χ2n) is 4.34. The number of anilines is 1. The minimum absolute atomic E-state index is 0.0769. The van der Waals surface area contributed by atoms with Gasteiger partial charge in [0.2, 0.25) is 5.91 Å². The third kappa shape index (κ3) is 4.98. The van der Waals surface area contributed by atoms with Gasteiger partial charge in [-0.2, -0.15) is 0 Å². The number of aliphatic hydroxyl groups is 1. The number of carbonyl (C=O) groups excluding carboxylic acids is 1. The van der Waals surface area contributed by atoms with Crippen molar-refractivity contribution in [2.45, 2.75) is 19.8 Å². The molecular formula is C13H19NO3S. The lowest BCUT2D eigenvalue weighted by atomic mass is 10.0. The van der Waals surface area contributed by atoms with E-state index >= 15 is 0 Å². The van der Waals surface area contributed by atoms with E-state index < -0.39 is 10.8 Å². The monoisotopic (exact) mass is 269 g/mol. The number of benzene rings is 1. The summed E-state index contributed by atoms with van der Waals surface area (Å²) in [6.45, 7) is 4.00. The van der Waals surface area contributed by atoms with Crippen molar-refractivity contribution >= 4 is 22.4 Å². The molecule has 1 amide bonds. The van der Waals surface area contributed by atoms with E-state index in [4.69, 9.17) is 5.11 Å². The van der Waals surface area contributed by atoms with Crippen LogP contribution in [0.4, 0.5) is 5.69 Å². The zero-order chi connectivity index (χ0) is 13.5. The molecule has 1 aromatic carbocycles. The zero-order valence-electron chi connectivity index (χ0n) is 10.7. The molecule has 1 unspecified atom stereocenters. The van der Waals surface area contributed by atoms with E-state index in [2.05, 4.69) is 19.2 Å². The molecule has 2 N–H and O–H groups in total. The van der Waals surface area contributed by atoms with Gasteiger partial charge >= 0.3 is 0 Å². The molecular weight excluding hydrogens is 250 g/mol. The molecule has 0 saturated carbocycles. The van der Waals surface area contributed by atoms with Crippen molar-refractivity contribution in [2.24, 2.45) is 0 Å². The Kier molecular flexibility index (Phi) is 6.01. The minimum Gasteiger partial charge on any atom is -0.395 e. The highest BCUT2D eigenvalue weighted by molar-refractivity contribution is 7.85. The summed E-state index contributed by atoms with van der Waals surface area (Å²) in [5.41, 5.74) is 1.86. The third-order valence-corrected chi connectivity index (χ3v) is 3.67. The summed E-state index contributed by atoms with van der Waals surface area (Å²) < 4.78 is 11.3. The Morgan fingerprint density at radius 2 is 2.17 bits per heavy atom. The number of aliphatic hydroxyl groups excluding tert-OH is 1. The van der Waals surface area contributed by atoms with Crippen LogP contribution in [0.3, 0.4) is 0 Å². The Morgan fingerprint density at radius 1 is 1.44 bits per heavy atom. The lowest BCUT2D eigenvalue weighted by Gasteiger charge is -2.09. The molecule has 1 atom stereocenters. The highest BCUT2D eigenvalue weighted by Crippen LogP contribution is 2.18. The normalized spacial score (nSPS) is 12.4. The van der Waals surface area contributed by atoms with E-state index in [1.165, 1.54) is 0 Å². The Bertz CT molecular complexity index is 432. The van der Waals surface area contributed by atoms with Crippen LogP contribution < -0.4 is 5.32 Å². The quantitative estimate of drug-likeness (QED) is 0.822. The van der Waals surface area contributed by atoms with Gasteiger partial charge in [0.25, 0.3) is 0 Å². The van der Waals surface area contributed by atoms with Crippen molar-refractivity contribution in [2.75, 3.05) is 23.4 Å². The summed E-state index contributed by atoms with van der Waals surface area (Å²) in [6, 6.07) is 7.61. The average Bonchev–Trinajstić information content (AvgIpc) is 2.29. The van der Waals surface area contributed by atoms with E-state index in [-0.39, 0.29) is 24.0 Å². The Balaban J connectivity index is 2.59. The molecule has 0 heterocycles. The van der Waals surface area contributed by atoms with Crippen LogP contribution in [0, 0.1) is 0 Å². The molecule has 0 bridgehead atoms. The molecule has 1 rings (SSSR count). The van der Waals surface area contributed by atoms with Gasteiger partial charge in [0.05, 0.1) is 6.61 Å². The highest BCUT2D eigenvalue weighted by atomic mass is 32.2. The molecule has 0 spiro atoms. The molecule has 0 saturated heterocycles. The highest BCUT2D eigenvalue weighted by Gasteiger charge is 2.08. The molecule has 0 aromatic heterocycles. The number of hydrogen-bond donors (Lipinski definition) is 2. The lowest BCUT2D eigenvalue weighted by Crippen LogP contribution is -2.21. The molecule has 18 heavy (non-hydrogen) atoms. The van der Waals surface area contributed by atoms with Gasteiger partial charge in [-0.15, -0.1) is 0 Å². The summed E-state index contributed by atoms with van der Waals surface area (Å²) in [7, 11) is -1.30. The Hall–Kier alpha value is -1.20. The van der Waals surface area contributed by atoms with E-state index in [1.807, 2.05) is 18.2 Å². The smallest absolute Gasteiger partial charge is 0.236 e. The molecule has 0 aliphatic carbocycles. The first-order valence-corrected chi connectivity index (χ1v) is 7.37. The topological polar surface area (TPSA) is 66.4 Å². The van der Waals surface area contributed by atoms with Gasteiger partial charge in [-0.3, -0.25) is 9.00 Å². The van der Waals surface area contributed by atoms with Crippen molar-refractivity contribution in [3.63, 3.8) is 0 Å². The maximum atomic E-state index is 11.6. The van der Waals surface area contributed by atoms with Crippen LogP contribution in [-0.2, 0) is 15.6 Å². The SMILES string of the molecule is CC(C)c1cccc(NC(=O)CS(=O)CCO)c1. The van der Waals surface area contributed by atoms with Gasteiger partial charge in [0.1, 0.15) is 5.75 Å². The van der Waals surface area contributed by atoms with Crippen LogP contribution in [0.15, 0.2) is 24.3 Å². The molecule has 0 fully saturated rings. The fraction of sp³-hybridized carbons (Fsp3) is 0.462. The average molecular weight is 269 g/mol. The third-order valence-electron chi connectivity index (χ3n) is 2.45. The van der Waals surface area contributed by atoms with E-state index in [9.17, 15) is 9.00 Å². The molecule has 0 aliphatic heterocycles. The number of rotatable bonds is 6. The van der Waals surface area contributed by atoms with Gasteiger partial charge in [-0.25, -0.2) is 0 Å². The molecule has 0 radical (unpaired) electrons. The van der Waals surface area contributed by atoms with Crippen LogP contribution in [0.2, 0.25) is 0 Å². The van der Waals surface area contributed by atoms with Crippen molar-refractivity contribution in [3.05, 3.63) is 29.8 Å². The number of hydrogen-bond acceptors (Lipinski definition) is 3. The number of amides is 1. The second kappa shape index (κ2) is 7.28. The Morgan fingerprint density at radius 3 is 2.78 bits per heavy atom. The van der Waals surface area contributed by atoms with Gasteiger partial charge in [-0.1, -0.05) is 26.0 Å². The summed E-state index contributed by atoms with van der Waals surface area (Å²) >= 11 is 0. The molecule has 0 aliphatic rings. The maximum Gasteiger partial charge on any atom is 0.236 e. The lowest BCUT2D eigenvalue weighted by molar-refractivity contribution is -0.113. The largest absolute Gasteiger partial charge is 0.395 e. The number of nitrogens with one attached hydrogen (secondary N) is 1. The summed E-state index contributed by atoms with van der Waals surface area (Å²) in [6.07, 6.45) is 0. The zero-order valence-corrected chi connectivity index (χ0v) is 11.5. The fourth-order valence-electron chi connectivity index (χ4n) is 1.49. The molecule has 100 valence electrons. The molecule has 4 nitrogen and oxygen atoms in total. The maximum absolute atomic E-state index is 11.6. The second-order valence-corrected chi connectivity index (χ2v) is 5.92. The Labute approximate surface area is 110 Å². The molecule has 1 aromatic rings. The van der Waals surface area contributed by atoms with E-state index in [0.29, 0.717) is 11.6 Å². The fourth-order valence-corrected chi connectivity index (χ4v) is 2.21. The molecule has 5 heteroatoms. The van der Waals surface area contributed by atoms with Crippen molar-refractivity contribution in [1.82, 2.24) is 0 Å². The standard InChI is InChI=1S/C13H19NO3S/c1-10(2)11-4-3-5-12(8-11)14-13(16)9-18(17)7-6-15/h3-5,8,10,15H,6-7,9H2,1-2H3,(H,14,16). The van der Waals surface area contributed by atoms with Crippen LogP contribution in [0.25, 0.3) is 0 Å². The van der Waals surface area contributed by atoms with Gasteiger partial charge in [-0.05, 0) is 23.6 Å². The van der Waals surface area contributed by atoms with Crippen LogP contribution in [0.1, 0.15) is 25.3 Å². The van der Waals surface area contributed by atoms with Crippen molar-refractivity contribution < 1.29 is 14.1 Å². The van der Waals surface area contributed by atoms with Crippen LogP contribution in [-0.4, -0.2) is 33.3 Å². The first-order chi connectivity index (χ1) is 8.52. The van der Waals surface area contributed by atoms with Gasteiger partial charge in [0.15, 0.2) is 0 Å². The summed E-state index contributed by atoms with van der Waals surface area (Å²) in [4.78, 5) is 11.6. The van der Waals surface area contributed by atoms with E-state index in [1.54, 1.807) is 6.07 Å². The van der Waals surface area contributed by atoms with Crippen LogP contribution >= 0.6 is 0 Å². The predicted molar refractivity (Wildman–Crippen MR) is 74.1 cm³/mol. The van der Waals surface area contributed by atoms with E-state index in [0.717, 1.165) is 5.56 Å². The van der Waals surface area contributed by atoms with Crippen molar-refractivity contribution in [1.29, 1.82) is 0 Å². The van der Waals surface area contributed by atoms with Crippen LogP contribution in [0.5, 0.6) is 0 Å². The number of carbonyl (C=O) groups is 1. The first kappa shape index (κ1) is 14.9. The summed E-state index contributed by atoms with van der Waals surface area (Å²) in [5.74, 6) is 0.166. The summed E-state index contributed by atoms with van der Waals surface area (Å²) in [5, 5.41) is 11.3. The first-order valence-electron chi connectivity index (χ1n) is 5.88. The van der Waals surface area contributed by atoms with Gasteiger partial charge in [0, 0.05) is 22.2 Å². The predicted octanol–water partition coefficient (Wildman–Crippen LogP) is 1.49.